The van der Waals surface area contributed by atoms with Gasteiger partial charge in [0.05, 0.1) is 35.0 Å². The molecule has 0 bridgehead atoms. The minimum atomic E-state index is -0.120. The first-order valence-corrected chi connectivity index (χ1v) is 9.05. The summed E-state index contributed by atoms with van der Waals surface area (Å²) in [4.78, 5) is 22.0. The summed E-state index contributed by atoms with van der Waals surface area (Å²) in [5, 5.41) is 1.25. The van der Waals surface area contributed by atoms with Gasteiger partial charge in [0.2, 0.25) is 5.89 Å². The number of ether oxygens (including phenoxy) is 1. The number of nitrogens with zero attached hydrogens (tertiary/aromatic N) is 3. The third kappa shape index (κ3) is 3.62. The fourth-order valence-corrected chi connectivity index (χ4v) is 3.60. The Balaban J connectivity index is 2.02. The van der Waals surface area contributed by atoms with Gasteiger partial charge in [-0.2, -0.15) is 0 Å². The quantitative estimate of drug-likeness (QED) is 0.495. The lowest BCUT2D eigenvalue weighted by atomic mass is 10.2. The van der Waals surface area contributed by atoms with Crippen LogP contribution in [0.1, 0.15) is 30.3 Å². The lowest BCUT2D eigenvalue weighted by Crippen LogP contribution is -2.28. The van der Waals surface area contributed by atoms with Crippen molar-refractivity contribution >= 4 is 22.7 Å². The van der Waals surface area contributed by atoms with E-state index in [1.807, 2.05) is 39.0 Å². The molecule has 2 heterocycles. The van der Waals surface area contributed by atoms with Gasteiger partial charge in [0.15, 0.2) is 5.16 Å². The Kier molecular flexibility index (Phi) is 5.24. The monoisotopic (exact) mass is 359 g/mol. The molecule has 0 aliphatic heterocycles. The van der Waals surface area contributed by atoms with E-state index in [0.717, 1.165) is 11.5 Å². The standard InChI is InChI=1S/C18H21N3O3S/c1-11(9-23-4)21-17(22)14-7-5-6-8-15(14)20-18(21)25-10-16-19-12(2)13(3)24-16/h5-8,11H,9-10H2,1-4H3. The van der Waals surface area contributed by atoms with Gasteiger partial charge >= 0.3 is 0 Å². The molecule has 1 atom stereocenters. The molecule has 0 N–H and O–H groups in total. The molecule has 2 aromatic heterocycles. The molecule has 0 radical (unpaired) electrons. The SMILES string of the molecule is COCC(C)n1c(SCc2nc(C)c(C)o2)nc2ccccc2c1=O. The van der Waals surface area contributed by atoms with E-state index in [9.17, 15) is 4.79 Å². The van der Waals surface area contributed by atoms with E-state index in [-0.39, 0.29) is 11.6 Å². The first-order valence-electron chi connectivity index (χ1n) is 8.07. The smallest absolute Gasteiger partial charge is 0.262 e. The number of rotatable bonds is 6. The van der Waals surface area contributed by atoms with Crippen LogP contribution in [0.2, 0.25) is 0 Å². The Hall–Kier alpha value is -2.12. The number of aromatic nitrogens is 3. The number of thioether (sulfide) groups is 1. The fourth-order valence-electron chi connectivity index (χ4n) is 2.66. The van der Waals surface area contributed by atoms with Crippen molar-refractivity contribution in [1.82, 2.24) is 14.5 Å². The number of oxazole rings is 1. The summed E-state index contributed by atoms with van der Waals surface area (Å²) in [5.41, 5.74) is 1.51. The number of aryl methyl sites for hydroxylation is 2. The highest BCUT2D eigenvalue weighted by atomic mass is 32.2. The molecule has 0 aliphatic rings. The van der Waals surface area contributed by atoms with Gasteiger partial charge < -0.3 is 9.15 Å². The minimum absolute atomic E-state index is 0.0579. The van der Waals surface area contributed by atoms with Gasteiger partial charge in [-0.1, -0.05) is 23.9 Å². The van der Waals surface area contributed by atoms with Crippen LogP contribution in [0.25, 0.3) is 10.9 Å². The van der Waals surface area contributed by atoms with Crippen LogP contribution in [0.3, 0.4) is 0 Å². The second-order valence-electron chi connectivity index (χ2n) is 5.93. The topological polar surface area (TPSA) is 70.2 Å². The second kappa shape index (κ2) is 7.41. The lowest BCUT2D eigenvalue weighted by molar-refractivity contribution is 0.156. The molecular formula is C18H21N3O3S. The van der Waals surface area contributed by atoms with Crippen molar-refractivity contribution in [3.05, 3.63) is 52.0 Å². The summed E-state index contributed by atoms with van der Waals surface area (Å²) in [6.45, 7) is 6.19. The molecular weight excluding hydrogens is 338 g/mol. The summed E-state index contributed by atoms with van der Waals surface area (Å²) in [6.07, 6.45) is 0. The average Bonchev–Trinajstić information content (AvgIpc) is 2.91. The second-order valence-corrected chi connectivity index (χ2v) is 6.87. The van der Waals surface area contributed by atoms with Crippen LogP contribution in [0.15, 0.2) is 38.6 Å². The maximum Gasteiger partial charge on any atom is 0.262 e. The average molecular weight is 359 g/mol. The van der Waals surface area contributed by atoms with Gasteiger partial charge in [-0.25, -0.2) is 9.97 Å². The molecule has 0 saturated carbocycles. The highest BCUT2D eigenvalue weighted by molar-refractivity contribution is 7.98. The number of hydrogen-bond donors (Lipinski definition) is 0. The van der Waals surface area contributed by atoms with Crippen molar-refractivity contribution in [2.45, 2.75) is 37.7 Å². The summed E-state index contributed by atoms with van der Waals surface area (Å²) in [5.74, 6) is 1.96. The van der Waals surface area contributed by atoms with Gasteiger partial charge in [-0.3, -0.25) is 9.36 Å². The van der Waals surface area contributed by atoms with Crippen molar-refractivity contribution in [1.29, 1.82) is 0 Å². The summed E-state index contributed by atoms with van der Waals surface area (Å²) >= 11 is 1.45. The summed E-state index contributed by atoms with van der Waals surface area (Å²) in [6, 6.07) is 7.27. The number of fused-ring (bicyclic) bond motifs is 1. The zero-order valence-electron chi connectivity index (χ0n) is 14.8. The molecule has 7 heteroatoms. The van der Waals surface area contributed by atoms with E-state index in [2.05, 4.69) is 9.97 Å². The molecule has 6 nitrogen and oxygen atoms in total. The highest BCUT2D eigenvalue weighted by Gasteiger charge is 2.17. The van der Waals surface area contributed by atoms with Gasteiger partial charge in [-0.05, 0) is 32.9 Å². The Morgan fingerprint density at radius 2 is 2.04 bits per heavy atom. The minimum Gasteiger partial charge on any atom is -0.445 e. The molecule has 0 aliphatic carbocycles. The van der Waals surface area contributed by atoms with Crippen molar-refractivity contribution in [2.75, 3.05) is 13.7 Å². The summed E-state index contributed by atoms with van der Waals surface area (Å²) < 4.78 is 12.6. The third-order valence-corrected chi connectivity index (χ3v) is 4.96. The molecule has 1 unspecified atom stereocenters. The van der Waals surface area contributed by atoms with Gasteiger partial charge in [0, 0.05) is 7.11 Å². The molecule has 3 rings (SSSR count). The maximum atomic E-state index is 13.0. The summed E-state index contributed by atoms with van der Waals surface area (Å²) in [7, 11) is 1.63. The Morgan fingerprint density at radius 3 is 2.72 bits per heavy atom. The number of benzene rings is 1. The molecule has 0 spiro atoms. The van der Waals surface area contributed by atoms with Gasteiger partial charge in [-0.15, -0.1) is 0 Å². The van der Waals surface area contributed by atoms with E-state index in [4.69, 9.17) is 9.15 Å². The van der Waals surface area contributed by atoms with E-state index in [1.54, 1.807) is 17.7 Å². The molecule has 3 aromatic rings. The van der Waals surface area contributed by atoms with Crippen LogP contribution < -0.4 is 5.56 Å². The largest absolute Gasteiger partial charge is 0.445 e. The molecule has 1 aromatic carbocycles. The fraction of sp³-hybridized carbons (Fsp3) is 0.389. The van der Waals surface area contributed by atoms with Crippen molar-refractivity contribution in [3.63, 3.8) is 0 Å². The normalized spacial score (nSPS) is 12.6. The van der Waals surface area contributed by atoms with Crippen molar-refractivity contribution in [2.24, 2.45) is 0 Å². The third-order valence-electron chi connectivity index (χ3n) is 4.02. The van der Waals surface area contributed by atoms with Crippen molar-refractivity contribution < 1.29 is 9.15 Å². The van der Waals surface area contributed by atoms with Crippen LogP contribution in [-0.4, -0.2) is 28.3 Å². The first kappa shape index (κ1) is 17.7. The van der Waals surface area contributed by atoms with Crippen LogP contribution in [0.4, 0.5) is 0 Å². The molecule has 0 saturated heterocycles. The Bertz CT molecular complexity index is 929. The Morgan fingerprint density at radius 1 is 1.28 bits per heavy atom. The van der Waals surface area contributed by atoms with E-state index in [0.29, 0.717) is 34.3 Å². The van der Waals surface area contributed by atoms with Crippen molar-refractivity contribution in [3.8, 4) is 0 Å². The molecule has 0 fully saturated rings. The first-order chi connectivity index (χ1) is 12.0. The predicted molar refractivity (Wildman–Crippen MR) is 98.1 cm³/mol. The van der Waals surface area contributed by atoms with Gasteiger partial charge in [0.1, 0.15) is 5.76 Å². The zero-order valence-corrected chi connectivity index (χ0v) is 15.6. The number of para-hydroxylation sites is 1. The van der Waals surface area contributed by atoms with E-state index < -0.39 is 0 Å². The maximum absolute atomic E-state index is 13.0. The highest BCUT2D eigenvalue weighted by Crippen LogP contribution is 2.25. The zero-order chi connectivity index (χ0) is 18.0. The van der Waals surface area contributed by atoms with Crippen LogP contribution in [-0.2, 0) is 10.5 Å². The van der Waals surface area contributed by atoms with Crippen LogP contribution in [0.5, 0.6) is 0 Å². The number of hydrogen-bond acceptors (Lipinski definition) is 6. The van der Waals surface area contributed by atoms with E-state index >= 15 is 0 Å². The molecule has 132 valence electrons. The van der Waals surface area contributed by atoms with Crippen LogP contribution in [0, 0.1) is 13.8 Å². The Labute approximate surface area is 150 Å². The van der Waals surface area contributed by atoms with Crippen LogP contribution >= 0.6 is 11.8 Å². The lowest BCUT2D eigenvalue weighted by Gasteiger charge is -2.18. The molecule has 25 heavy (non-hydrogen) atoms. The van der Waals surface area contributed by atoms with E-state index in [1.165, 1.54) is 11.8 Å². The predicted octanol–water partition coefficient (Wildman–Crippen LogP) is 3.50. The molecule has 0 amide bonds. The number of methoxy groups -OCH3 is 1. The van der Waals surface area contributed by atoms with Gasteiger partial charge in [0.25, 0.3) is 5.56 Å².